The predicted octanol–water partition coefficient (Wildman–Crippen LogP) is 1.23. The quantitative estimate of drug-likeness (QED) is 0.462. The van der Waals surface area contributed by atoms with E-state index < -0.39 is 11.7 Å². The van der Waals surface area contributed by atoms with E-state index in [2.05, 4.69) is 0 Å². The van der Waals surface area contributed by atoms with Crippen molar-refractivity contribution in [1.82, 2.24) is 4.90 Å². The van der Waals surface area contributed by atoms with Gasteiger partial charge in [0.05, 0.1) is 6.07 Å². The molecule has 0 N–H and O–H groups in total. The van der Waals surface area contributed by atoms with Crippen LogP contribution < -0.4 is 0 Å². The van der Waals surface area contributed by atoms with Crippen LogP contribution in [0, 0.1) is 11.3 Å². The van der Waals surface area contributed by atoms with E-state index in [4.69, 9.17) is 5.26 Å². The minimum Gasteiger partial charge on any atom is -0.326 e. The Labute approximate surface area is 71.1 Å². The van der Waals surface area contributed by atoms with Gasteiger partial charge in [-0.3, -0.25) is 4.79 Å². The molecule has 0 aromatic heterocycles. The molecule has 0 heterocycles. The van der Waals surface area contributed by atoms with Gasteiger partial charge in [-0.2, -0.15) is 5.26 Å². The van der Waals surface area contributed by atoms with E-state index in [1.165, 1.54) is 20.9 Å². The summed E-state index contributed by atoms with van der Waals surface area (Å²) in [5, 5.41) is 8.22. The first-order chi connectivity index (χ1) is 5.50. The van der Waals surface area contributed by atoms with Crippen LogP contribution in [-0.4, -0.2) is 24.4 Å². The molecule has 0 saturated carbocycles. The minimum absolute atomic E-state index is 0.0977. The SMILES string of the molecule is CC(C)=C(F)C(=O)N(C)CC#N. The molecule has 0 aromatic carbocycles. The predicted molar refractivity (Wildman–Crippen MR) is 42.7 cm³/mol. The van der Waals surface area contributed by atoms with Gasteiger partial charge in [-0.25, -0.2) is 4.39 Å². The number of carbonyl (C=O) groups excluding carboxylic acids is 1. The van der Waals surface area contributed by atoms with Crippen LogP contribution in [0.15, 0.2) is 11.4 Å². The van der Waals surface area contributed by atoms with Gasteiger partial charge in [-0.15, -0.1) is 0 Å². The third-order valence-corrected chi connectivity index (χ3v) is 1.28. The van der Waals surface area contributed by atoms with Gasteiger partial charge in [0.15, 0.2) is 5.83 Å². The summed E-state index contributed by atoms with van der Waals surface area (Å²) in [5.41, 5.74) is 0.324. The Morgan fingerprint density at radius 3 is 2.42 bits per heavy atom. The van der Waals surface area contributed by atoms with Crippen molar-refractivity contribution < 1.29 is 9.18 Å². The Balaban J connectivity index is 4.43. The standard InChI is InChI=1S/C8H11FN2O/c1-6(2)7(9)8(12)11(3)5-4-10/h5H2,1-3H3. The Morgan fingerprint density at radius 2 is 2.08 bits per heavy atom. The average Bonchev–Trinajstić information content (AvgIpc) is 2.02. The maximum Gasteiger partial charge on any atom is 0.283 e. The normalized spacial score (nSPS) is 8.58. The summed E-state index contributed by atoms with van der Waals surface area (Å²) >= 11 is 0. The minimum atomic E-state index is -0.784. The Morgan fingerprint density at radius 1 is 1.58 bits per heavy atom. The van der Waals surface area contributed by atoms with Crippen LogP contribution in [0.2, 0.25) is 0 Å². The lowest BCUT2D eigenvalue weighted by atomic mass is 10.3. The molecule has 66 valence electrons. The zero-order valence-corrected chi connectivity index (χ0v) is 7.39. The van der Waals surface area contributed by atoms with Crippen LogP contribution in [0.25, 0.3) is 0 Å². The molecular formula is C8H11FN2O. The van der Waals surface area contributed by atoms with Crippen molar-refractivity contribution in [1.29, 1.82) is 5.26 Å². The maximum absolute atomic E-state index is 12.9. The van der Waals surface area contributed by atoms with Crippen molar-refractivity contribution in [2.24, 2.45) is 0 Å². The third-order valence-electron chi connectivity index (χ3n) is 1.28. The lowest BCUT2D eigenvalue weighted by Gasteiger charge is -2.11. The molecule has 0 aliphatic rings. The highest BCUT2D eigenvalue weighted by Crippen LogP contribution is 2.07. The van der Waals surface area contributed by atoms with Crippen molar-refractivity contribution in [2.75, 3.05) is 13.6 Å². The Bertz CT molecular complexity index is 248. The highest BCUT2D eigenvalue weighted by molar-refractivity contribution is 5.91. The number of rotatable bonds is 2. The van der Waals surface area contributed by atoms with Gasteiger partial charge in [0.25, 0.3) is 5.91 Å². The molecule has 0 bridgehead atoms. The monoisotopic (exact) mass is 170 g/mol. The first kappa shape index (κ1) is 10.6. The Kier molecular flexibility index (Phi) is 3.98. The van der Waals surface area contributed by atoms with Gasteiger partial charge in [0, 0.05) is 7.05 Å². The van der Waals surface area contributed by atoms with Gasteiger partial charge in [0.2, 0.25) is 0 Å². The highest BCUT2D eigenvalue weighted by Gasteiger charge is 2.14. The molecule has 0 saturated heterocycles. The summed E-state index contributed by atoms with van der Waals surface area (Å²) in [6.07, 6.45) is 0. The van der Waals surface area contributed by atoms with Crippen molar-refractivity contribution in [3.05, 3.63) is 11.4 Å². The van der Waals surface area contributed by atoms with Crippen LogP contribution >= 0.6 is 0 Å². The summed E-state index contributed by atoms with van der Waals surface area (Å²) in [7, 11) is 1.38. The summed E-state index contributed by atoms with van der Waals surface area (Å²) in [6.45, 7) is 2.92. The number of hydrogen-bond acceptors (Lipinski definition) is 2. The molecular weight excluding hydrogens is 159 g/mol. The van der Waals surface area contributed by atoms with Gasteiger partial charge >= 0.3 is 0 Å². The second-order valence-electron chi connectivity index (χ2n) is 2.63. The fraction of sp³-hybridized carbons (Fsp3) is 0.500. The molecule has 1 amide bonds. The summed E-state index contributed by atoms with van der Waals surface area (Å²) in [4.78, 5) is 12.0. The topological polar surface area (TPSA) is 44.1 Å². The molecule has 0 atom stereocenters. The molecule has 12 heavy (non-hydrogen) atoms. The smallest absolute Gasteiger partial charge is 0.283 e. The van der Waals surface area contributed by atoms with Crippen LogP contribution in [0.5, 0.6) is 0 Å². The third kappa shape index (κ3) is 2.70. The number of nitrogens with zero attached hydrogens (tertiary/aromatic N) is 2. The largest absolute Gasteiger partial charge is 0.326 e. The fourth-order valence-electron chi connectivity index (χ4n) is 0.559. The van der Waals surface area contributed by atoms with E-state index in [1.54, 1.807) is 6.07 Å². The second kappa shape index (κ2) is 4.50. The number of likely N-dealkylation sites (N-methyl/N-ethyl adjacent to an activating group) is 1. The van der Waals surface area contributed by atoms with E-state index in [1.807, 2.05) is 0 Å². The molecule has 0 unspecified atom stereocenters. The molecule has 0 aliphatic heterocycles. The van der Waals surface area contributed by atoms with Crippen LogP contribution in [0.3, 0.4) is 0 Å². The molecule has 4 heteroatoms. The van der Waals surface area contributed by atoms with Crippen molar-refractivity contribution in [3.8, 4) is 6.07 Å². The number of halogens is 1. The number of allylic oxidation sites excluding steroid dienone is 1. The van der Waals surface area contributed by atoms with Crippen LogP contribution in [-0.2, 0) is 4.79 Å². The number of nitriles is 1. The van der Waals surface area contributed by atoms with E-state index in [0.717, 1.165) is 4.90 Å². The van der Waals surface area contributed by atoms with Crippen molar-refractivity contribution in [2.45, 2.75) is 13.8 Å². The van der Waals surface area contributed by atoms with Gasteiger partial charge < -0.3 is 4.90 Å². The maximum atomic E-state index is 12.9. The van der Waals surface area contributed by atoms with Crippen LogP contribution in [0.4, 0.5) is 4.39 Å². The van der Waals surface area contributed by atoms with E-state index in [0.29, 0.717) is 5.57 Å². The van der Waals surface area contributed by atoms with E-state index in [9.17, 15) is 9.18 Å². The molecule has 3 nitrogen and oxygen atoms in total. The van der Waals surface area contributed by atoms with E-state index in [-0.39, 0.29) is 6.54 Å². The zero-order chi connectivity index (χ0) is 9.72. The molecule has 0 fully saturated rings. The number of amides is 1. The van der Waals surface area contributed by atoms with Crippen LogP contribution in [0.1, 0.15) is 13.8 Å². The molecule has 0 aromatic rings. The first-order valence-electron chi connectivity index (χ1n) is 3.46. The van der Waals surface area contributed by atoms with Crippen molar-refractivity contribution in [3.63, 3.8) is 0 Å². The lowest BCUT2D eigenvalue weighted by molar-refractivity contribution is -0.126. The van der Waals surface area contributed by atoms with Crippen molar-refractivity contribution >= 4 is 5.91 Å². The second-order valence-corrected chi connectivity index (χ2v) is 2.63. The molecule has 0 radical (unpaired) electrons. The molecule has 0 aliphatic carbocycles. The summed E-state index contributed by atoms with van der Waals surface area (Å²) < 4.78 is 12.9. The van der Waals surface area contributed by atoms with Gasteiger partial charge in [0.1, 0.15) is 6.54 Å². The van der Waals surface area contributed by atoms with E-state index >= 15 is 0 Å². The Hall–Kier alpha value is -1.37. The summed E-state index contributed by atoms with van der Waals surface area (Å²) in [6, 6.07) is 1.76. The van der Waals surface area contributed by atoms with Gasteiger partial charge in [-0.1, -0.05) is 0 Å². The zero-order valence-electron chi connectivity index (χ0n) is 7.39. The van der Waals surface area contributed by atoms with Gasteiger partial charge in [-0.05, 0) is 19.4 Å². The number of hydrogen-bond donors (Lipinski definition) is 0. The summed E-state index contributed by atoms with van der Waals surface area (Å²) in [5.74, 6) is -1.52. The average molecular weight is 170 g/mol. The first-order valence-corrected chi connectivity index (χ1v) is 3.46. The highest BCUT2D eigenvalue weighted by atomic mass is 19.1. The number of carbonyl (C=O) groups is 1. The fourth-order valence-corrected chi connectivity index (χ4v) is 0.559. The molecule has 0 rings (SSSR count). The lowest BCUT2D eigenvalue weighted by Crippen LogP contribution is -2.27. The molecule has 0 spiro atoms.